The van der Waals surface area contributed by atoms with Crippen LogP contribution in [0.15, 0.2) is 12.1 Å². The van der Waals surface area contributed by atoms with Gasteiger partial charge in [-0.1, -0.05) is 11.6 Å². The first-order chi connectivity index (χ1) is 9.79. The van der Waals surface area contributed by atoms with Crippen LogP contribution in [0.4, 0.5) is 22.0 Å². The molecule has 0 spiro atoms. The van der Waals surface area contributed by atoms with Gasteiger partial charge in [-0.3, -0.25) is 4.90 Å². The van der Waals surface area contributed by atoms with Crippen molar-refractivity contribution in [1.82, 2.24) is 10.2 Å². The summed E-state index contributed by atoms with van der Waals surface area (Å²) in [4.78, 5) is 1.43. The van der Waals surface area contributed by atoms with Gasteiger partial charge in [-0.2, -0.15) is 13.2 Å². The lowest BCUT2D eigenvalue weighted by molar-refractivity contribution is -0.149. The lowest BCUT2D eigenvalue weighted by atomic mass is 9.99. The van der Waals surface area contributed by atoms with Gasteiger partial charge in [0.15, 0.2) is 0 Å². The molecule has 1 aliphatic rings. The Labute approximate surface area is 148 Å². The third-order valence-corrected chi connectivity index (χ3v) is 3.72. The van der Waals surface area contributed by atoms with Gasteiger partial charge < -0.3 is 5.32 Å². The Morgan fingerprint density at radius 3 is 2.22 bits per heavy atom. The molecule has 2 nitrogen and oxygen atoms in total. The van der Waals surface area contributed by atoms with E-state index in [0.717, 1.165) is 12.1 Å². The fraction of sp³-hybridized carbons (Fsp3) is 0.538. The molecule has 23 heavy (non-hydrogen) atoms. The molecule has 1 aromatic carbocycles. The van der Waals surface area contributed by atoms with Crippen LogP contribution in [-0.4, -0.2) is 37.3 Å². The minimum absolute atomic E-state index is 0. The summed E-state index contributed by atoms with van der Waals surface area (Å²) >= 11 is 5.59. The molecule has 1 aromatic rings. The summed E-state index contributed by atoms with van der Waals surface area (Å²) in [6.45, 7) is 1.51. The summed E-state index contributed by atoms with van der Waals surface area (Å²) in [5, 5.41) is 2.61. The summed E-state index contributed by atoms with van der Waals surface area (Å²) in [6.07, 6.45) is -5.85. The minimum atomic E-state index is -4.53. The van der Waals surface area contributed by atoms with Crippen molar-refractivity contribution in [3.05, 3.63) is 34.4 Å². The predicted octanol–water partition coefficient (Wildman–Crippen LogP) is 4.36. The molecule has 134 valence electrons. The van der Waals surface area contributed by atoms with E-state index in [1.54, 1.807) is 0 Å². The Balaban J connectivity index is 0.00000242. The van der Waals surface area contributed by atoms with E-state index in [9.17, 15) is 22.0 Å². The van der Waals surface area contributed by atoms with Crippen molar-refractivity contribution >= 4 is 36.4 Å². The Bertz CT molecular complexity index is 507. The average molecular weight is 402 g/mol. The van der Waals surface area contributed by atoms with Gasteiger partial charge in [-0.25, -0.2) is 8.78 Å². The third kappa shape index (κ3) is 5.90. The highest BCUT2D eigenvalue weighted by molar-refractivity contribution is 6.30. The van der Waals surface area contributed by atoms with Gasteiger partial charge in [-0.15, -0.1) is 24.8 Å². The van der Waals surface area contributed by atoms with Crippen LogP contribution in [0.2, 0.25) is 5.02 Å². The molecule has 1 atom stereocenters. The van der Waals surface area contributed by atoms with Crippen LogP contribution in [0.5, 0.6) is 0 Å². The normalized spacial score (nSPS) is 17.1. The highest BCUT2D eigenvalue weighted by Gasteiger charge is 2.38. The number of piperazine rings is 1. The van der Waals surface area contributed by atoms with Gasteiger partial charge in [0.05, 0.1) is 11.4 Å². The molecule has 1 aliphatic heterocycles. The van der Waals surface area contributed by atoms with Crippen molar-refractivity contribution < 1.29 is 22.0 Å². The maximum atomic E-state index is 14.1. The molecular weight excluding hydrogens is 386 g/mol. The molecule has 1 fully saturated rings. The number of hydrogen-bond acceptors (Lipinski definition) is 2. The van der Waals surface area contributed by atoms with E-state index in [-0.39, 0.29) is 42.9 Å². The van der Waals surface area contributed by atoms with Crippen LogP contribution in [0, 0.1) is 11.6 Å². The zero-order valence-corrected chi connectivity index (χ0v) is 14.2. The van der Waals surface area contributed by atoms with Gasteiger partial charge in [0, 0.05) is 37.8 Å². The maximum absolute atomic E-state index is 14.1. The molecule has 2 rings (SSSR count). The van der Waals surface area contributed by atoms with Gasteiger partial charge in [0.2, 0.25) is 0 Å². The number of rotatable bonds is 3. The van der Waals surface area contributed by atoms with Gasteiger partial charge in [0.1, 0.15) is 11.6 Å². The Hall–Kier alpha value is -0.340. The highest BCUT2D eigenvalue weighted by atomic mass is 35.5. The molecule has 0 aromatic heterocycles. The fourth-order valence-electron chi connectivity index (χ4n) is 2.47. The smallest absolute Gasteiger partial charge is 0.314 e. The standard InChI is InChI=1S/C13H14ClF5N2.2ClH/c14-8-1-2-9(15)11(12(8)16)10(7-13(17,18)19)21-5-3-20-4-6-21;;/h1-2,10,20H,3-7H2;2*1H/t10-;;/m0../s1. The van der Waals surface area contributed by atoms with Gasteiger partial charge in [-0.05, 0) is 12.1 Å². The van der Waals surface area contributed by atoms with Crippen LogP contribution in [0.3, 0.4) is 0 Å². The van der Waals surface area contributed by atoms with Gasteiger partial charge >= 0.3 is 6.18 Å². The van der Waals surface area contributed by atoms with E-state index in [0.29, 0.717) is 13.1 Å². The molecule has 0 bridgehead atoms. The second kappa shape index (κ2) is 9.22. The van der Waals surface area contributed by atoms with Crippen LogP contribution >= 0.6 is 36.4 Å². The highest BCUT2D eigenvalue weighted by Crippen LogP contribution is 2.37. The molecule has 0 amide bonds. The van der Waals surface area contributed by atoms with Crippen LogP contribution < -0.4 is 5.32 Å². The summed E-state index contributed by atoms with van der Waals surface area (Å²) in [7, 11) is 0. The van der Waals surface area contributed by atoms with Gasteiger partial charge in [0.25, 0.3) is 0 Å². The molecule has 0 radical (unpaired) electrons. The second-order valence-corrected chi connectivity index (χ2v) is 5.29. The van der Waals surface area contributed by atoms with Crippen LogP contribution in [0.25, 0.3) is 0 Å². The number of nitrogens with zero attached hydrogens (tertiary/aromatic N) is 1. The maximum Gasteiger partial charge on any atom is 0.390 e. The summed E-state index contributed by atoms with van der Waals surface area (Å²) in [6, 6.07) is 0.482. The molecule has 1 saturated heterocycles. The van der Waals surface area contributed by atoms with Crippen molar-refractivity contribution in [3.63, 3.8) is 0 Å². The van der Waals surface area contributed by atoms with Crippen molar-refractivity contribution in [2.45, 2.75) is 18.6 Å². The first-order valence-electron chi connectivity index (χ1n) is 6.44. The largest absolute Gasteiger partial charge is 0.390 e. The Morgan fingerprint density at radius 2 is 1.70 bits per heavy atom. The Kier molecular flexibility index (Phi) is 9.09. The van der Waals surface area contributed by atoms with E-state index in [1.807, 2.05) is 0 Å². The lowest BCUT2D eigenvalue weighted by Gasteiger charge is -2.36. The fourth-order valence-corrected chi connectivity index (χ4v) is 2.64. The monoisotopic (exact) mass is 400 g/mol. The van der Waals surface area contributed by atoms with Crippen molar-refractivity contribution in [1.29, 1.82) is 0 Å². The molecule has 0 unspecified atom stereocenters. The van der Waals surface area contributed by atoms with Crippen molar-refractivity contribution in [2.24, 2.45) is 0 Å². The van der Waals surface area contributed by atoms with E-state index >= 15 is 0 Å². The predicted molar refractivity (Wildman–Crippen MR) is 83.7 cm³/mol. The quantitative estimate of drug-likeness (QED) is 0.598. The molecular formula is C13H16Cl3F5N2. The topological polar surface area (TPSA) is 15.3 Å². The molecule has 10 heteroatoms. The zero-order chi connectivity index (χ0) is 15.6. The first-order valence-corrected chi connectivity index (χ1v) is 6.82. The lowest BCUT2D eigenvalue weighted by Crippen LogP contribution is -2.46. The summed E-state index contributed by atoms with van der Waals surface area (Å²) < 4.78 is 66.3. The number of nitrogens with one attached hydrogen (secondary N) is 1. The second-order valence-electron chi connectivity index (χ2n) is 4.88. The molecule has 0 aliphatic carbocycles. The zero-order valence-electron chi connectivity index (χ0n) is 11.8. The van der Waals surface area contributed by atoms with E-state index in [4.69, 9.17) is 11.6 Å². The van der Waals surface area contributed by atoms with E-state index in [1.165, 1.54) is 4.90 Å². The van der Waals surface area contributed by atoms with Crippen LogP contribution in [-0.2, 0) is 0 Å². The van der Waals surface area contributed by atoms with E-state index in [2.05, 4.69) is 5.32 Å². The third-order valence-electron chi connectivity index (χ3n) is 3.43. The number of hydrogen-bond donors (Lipinski definition) is 1. The van der Waals surface area contributed by atoms with E-state index < -0.39 is 35.8 Å². The summed E-state index contributed by atoms with van der Waals surface area (Å²) in [5.74, 6) is -2.13. The SMILES string of the molecule is Cl.Cl.Fc1ccc(Cl)c(F)c1[C@H](CC(F)(F)F)N1CCNCC1. The average Bonchev–Trinajstić information content (AvgIpc) is 2.42. The Morgan fingerprint density at radius 1 is 1.13 bits per heavy atom. The van der Waals surface area contributed by atoms with Crippen molar-refractivity contribution in [2.75, 3.05) is 26.2 Å². The number of benzene rings is 1. The minimum Gasteiger partial charge on any atom is -0.314 e. The molecule has 1 N–H and O–H groups in total. The summed E-state index contributed by atoms with van der Waals surface area (Å²) in [5.41, 5.74) is -0.610. The molecule has 0 saturated carbocycles. The molecule has 1 heterocycles. The first kappa shape index (κ1) is 22.7. The number of halogens is 8. The van der Waals surface area contributed by atoms with Crippen molar-refractivity contribution in [3.8, 4) is 0 Å². The number of alkyl halides is 3. The van der Waals surface area contributed by atoms with Crippen LogP contribution in [0.1, 0.15) is 18.0 Å².